The lowest BCUT2D eigenvalue weighted by Gasteiger charge is -2.38. The van der Waals surface area contributed by atoms with Gasteiger partial charge in [0.1, 0.15) is 0 Å². The Morgan fingerprint density at radius 3 is 2.57 bits per heavy atom. The van der Waals surface area contributed by atoms with Crippen LogP contribution in [0.15, 0.2) is 0 Å². The number of likely N-dealkylation sites (tertiary alicyclic amines) is 1. The van der Waals surface area contributed by atoms with E-state index in [2.05, 4.69) is 5.32 Å². The van der Waals surface area contributed by atoms with Crippen molar-refractivity contribution in [2.45, 2.75) is 52.7 Å². The molecule has 1 rings (SSSR count). The molecule has 3 unspecified atom stereocenters. The minimum atomic E-state index is -0.448. The number of aliphatic hydroxyl groups is 1. The van der Waals surface area contributed by atoms with E-state index in [1.165, 1.54) is 6.92 Å². The molecular weight excluding hydrogens is 272 g/mol. The van der Waals surface area contributed by atoms with Gasteiger partial charge in [-0.2, -0.15) is 0 Å². The van der Waals surface area contributed by atoms with Gasteiger partial charge in [0.2, 0.25) is 5.91 Å². The first-order valence-electron chi connectivity index (χ1n) is 7.70. The third-order valence-electron chi connectivity index (χ3n) is 3.92. The predicted octanol–water partition coefficient (Wildman–Crippen LogP) is 1.38. The average Bonchev–Trinajstić information content (AvgIpc) is 2.38. The van der Waals surface area contributed by atoms with Crippen molar-refractivity contribution >= 4 is 12.0 Å². The smallest absolute Gasteiger partial charge is 0.407 e. The van der Waals surface area contributed by atoms with Crippen molar-refractivity contribution in [1.82, 2.24) is 10.2 Å². The number of hydrogen-bond acceptors (Lipinski definition) is 4. The van der Waals surface area contributed by atoms with E-state index in [1.54, 1.807) is 11.8 Å². The second-order valence-corrected chi connectivity index (χ2v) is 6.13. The van der Waals surface area contributed by atoms with Crippen LogP contribution in [0.1, 0.15) is 40.5 Å². The minimum Gasteiger partial charge on any atom is -0.450 e. The summed E-state index contributed by atoms with van der Waals surface area (Å²) in [7, 11) is 0. The van der Waals surface area contributed by atoms with Crippen molar-refractivity contribution < 1.29 is 19.4 Å². The highest BCUT2D eigenvalue weighted by atomic mass is 16.5. The Kier molecular flexibility index (Phi) is 6.95. The fraction of sp³-hybridized carbons (Fsp3) is 0.867. The van der Waals surface area contributed by atoms with Crippen LogP contribution in [0.5, 0.6) is 0 Å². The molecule has 0 aromatic heterocycles. The number of amides is 2. The van der Waals surface area contributed by atoms with Gasteiger partial charge in [-0.25, -0.2) is 4.79 Å². The Labute approximate surface area is 126 Å². The summed E-state index contributed by atoms with van der Waals surface area (Å²) in [4.78, 5) is 24.9. The van der Waals surface area contributed by atoms with Gasteiger partial charge in [-0.15, -0.1) is 0 Å². The molecule has 0 spiro atoms. The summed E-state index contributed by atoms with van der Waals surface area (Å²) in [5.41, 5.74) is 0. The van der Waals surface area contributed by atoms with Crippen LogP contribution in [0.3, 0.4) is 0 Å². The Morgan fingerprint density at radius 1 is 1.38 bits per heavy atom. The summed E-state index contributed by atoms with van der Waals surface area (Å²) in [5, 5.41) is 12.8. The van der Waals surface area contributed by atoms with Gasteiger partial charge in [0.25, 0.3) is 0 Å². The van der Waals surface area contributed by atoms with Crippen LogP contribution in [0.2, 0.25) is 0 Å². The maximum absolute atomic E-state index is 11.6. The van der Waals surface area contributed by atoms with Crippen LogP contribution in [0.25, 0.3) is 0 Å². The highest BCUT2D eigenvalue weighted by Crippen LogP contribution is 2.24. The zero-order valence-corrected chi connectivity index (χ0v) is 13.5. The maximum atomic E-state index is 11.6. The largest absolute Gasteiger partial charge is 0.450 e. The molecule has 0 aliphatic carbocycles. The number of hydrogen-bond donors (Lipinski definition) is 2. The van der Waals surface area contributed by atoms with E-state index in [0.717, 1.165) is 6.42 Å². The first-order chi connectivity index (χ1) is 9.83. The molecule has 1 aliphatic heterocycles. The van der Waals surface area contributed by atoms with E-state index in [-0.39, 0.29) is 29.9 Å². The Bertz CT molecular complexity index is 360. The molecule has 1 aliphatic rings. The SMILES string of the molecule is CCOC(=O)NC1CC(CC(O)C(C)C)CN(C(C)=O)C1. The van der Waals surface area contributed by atoms with Crippen LogP contribution in [-0.2, 0) is 9.53 Å². The van der Waals surface area contributed by atoms with Crippen molar-refractivity contribution in [3.63, 3.8) is 0 Å². The standard InChI is InChI=1S/C15H28N2O4/c1-5-21-15(20)16-13-6-12(7-14(19)10(2)3)8-17(9-13)11(4)18/h10,12-14,19H,5-9H2,1-4H3,(H,16,20). The molecule has 1 heterocycles. The molecule has 6 heteroatoms. The Hall–Kier alpha value is -1.30. The highest BCUT2D eigenvalue weighted by Gasteiger charge is 2.31. The number of carbonyl (C=O) groups is 2. The van der Waals surface area contributed by atoms with E-state index < -0.39 is 6.09 Å². The number of aliphatic hydroxyl groups excluding tert-OH is 1. The van der Waals surface area contributed by atoms with E-state index in [0.29, 0.717) is 26.1 Å². The molecule has 6 nitrogen and oxygen atoms in total. The fourth-order valence-corrected chi connectivity index (χ4v) is 2.69. The molecule has 0 bridgehead atoms. The zero-order valence-electron chi connectivity index (χ0n) is 13.5. The van der Waals surface area contributed by atoms with Crippen molar-refractivity contribution in [2.24, 2.45) is 11.8 Å². The Balaban J connectivity index is 2.63. The molecule has 1 saturated heterocycles. The molecule has 0 radical (unpaired) electrons. The molecular formula is C15H28N2O4. The second-order valence-electron chi connectivity index (χ2n) is 6.13. The van der Waals surface area contributed by atoms with Gasteiger partial charge < -0.3 is 20.1 Å². The third-order valence-corrected chi connectivity index (χ3v) is 3.92. The number of nitrogens with one attached hydrogen (secondary N) is 1. The summed E-state index contributed by atoms with van der Waals surface area (Å²) in [6, 6.07) is -0.119. The summed E-state index contributed by atoms with van der Waals surface area (Å²) >= 11 is 0. The van der Waals surface area contributed by atoms with Gasteiger partial charge in [-0.1, -0.05) is 13.8 Å². The predicted molar refractivity (Wildman–Crippen MR) is 79.8 cm³/mol. The van der Waals surface area contributed by atoms with Gasteiger partial charge in [-0.3, -0.25) is 4.79 Å². The van der Waals surface area contributed by atoms with Crippen molar-refractivity contribution in [2.75, 3.05) is 19.7 Å². The molecule has 0 aromatic carbocycles. The van der Waals surface area contributed by atoms with E-state index in [9.17, 15) is 14.7 Å². The summed E-state index contributed by atoms with van der Waals surface area (Å²) in [5.74, 6) is 0.371. The number of alkyl carbamates (subject to hydrolysis) is 1. The summed E-state index contributed by atoms with van der Waals surface area (Å²) in [6.07, 6.45) is 0.565. The van der Waals surface area contributed by atoms with Crippen LogP contribution in [-0.4, -0.2) is 53.8 Å². The van der Waals surface area contributed by atoms with E-state index in [1.807, 2.05) is 13.8 Å². The lowest BCUT2D eigenvalue weighted by molar-refractivity contribution is -0.131. The molecule has 21 heavy (non-hydrogen) atoms. The van der Waals surface area contributed by atoms with Gasteiger partial charge >= 0.3 is 6.09 Å². The zero-order chi connectivity index (χ0) is 16.0. The molecule has 0 saturated carbocycles. The average molecular weight is 300 g/mol. The van der Waals surface area contributed by atoms with Crippen molar-refractivity contribution in [3.8, 4) is 0 Å². The molecule has 2 N–H and O–H groups in total. The molecule has 2 amide bonds. The number of piperidine rings is 1. The van der Waals surface area contributed by atoms with Crippen LogP contribution < -0.4 is 5.32 Å². The summed E-state index contributed by atoms with van der Waals surface area (Å²) < 4.78 is 4.89. The number of nitrogens with zero attached hydrogens (tertiary/aromatic N) is 1. The lowest BCUT2D eigenvalue weighted by atomic mass is 9.87. The molecule has 3 atom stereocenters. The topological polar surface area (TPSA) is 78.9 Å². The van der Waals surface area contributed by atoms with Crippen molar-refractivity contribution in [1.29, 1.82) is 0 Å². The number of ether oxygens (including phenoxy) is 1. The van der Waals surface area contributed by atoms with Crippen LogP contribution >= 0.6 is 0 Å². The maximum Gasteiger partial charge on any atom is 0.407 e. The van der Waals surface area contributed by atoms with Crippen LogP contribution in [0.4, 0.5) is 4.79 Å². The normalized spacial score (nSPS) is 23.8. The molecule has 122 valence electrons. The first-order valence-corrected chi connectivity index (χ1v) is 7.70. The number of carbonyl (C=O) groups excluding carboxylic acids is 2. The van der Waals surface area contributed by atoms with Gasteiger partial charge in [0.05, 0.1) is 18.8 Å². The van der Waals surface area contributed by atoms with Gasteiger partial charge in [0, 0.05) is 20.0 Å². The molecule has 1 fully saturated rings. The van der Waals surface area contributed by atoms with E-state index >= 15 is 0 Å². The van der Waals surface area contributed by atoms with Gasteiger partial charge in [-0.05, 0) is 31.6 Å². The van der Waals surface area contributed by atoms with Crippen LogP contribution in [0, 0.1) is 11.8 Å². The first kappa shape index (κ1) is 17.8. The fourth-order valence-electron chi connectivity index (χ4n) is 2.69. The second kappa shape index (κ2) is 8.22. The van der Waals surface area contributed by atoms with Crippen molar-refractivity contribution in [3.05, 3.63) is 0 Å². The number of rotatable bonds is 5. The minimum absolute atomic E-state index is 0.00519. The quantitative estimate of drug-likeness (QED) is 0.804. The van der Waals surface area contributed by atoms with Gasteiger partial charge in [0.15, 0.2) is 0 Å². The van der Waals surface area contributed by atoms with E-state index in [4.69, 9.17) is 4.74 Å². The third kappa shape index (κ3) is 5.91. The summed E-state index contributed by atoms with van der Waals surface area (Å²) in [6.45, 7) is 8.70. The lowest BCUT2D eigenvalue weighted by Crippen LogP contribution is -2.52. The molecule has 0 aromatic rings. The monoisotopic (exact) mass is 300 g/mol. The highest BCUT2D eigenvalue weighted by molar-refractivity contribution is 5.73. The Morgan fingerprint density at radius 2 is 2.05 bits per heavy atom.